The highest BCUT2D eigenvalue weighted by atomic mass is 19.1. The number of halogens is 1. The van der Waals surface area contributed by atoms with E-state index in [4.69, 9.17) is 5.11 Å². The number of hydrogen-bond acceptors (Lipinski definition) is 3. The summed E-state index contributed by atoms with van der Waals surface area (Å²) in [5, 5.41) is 20.7. The van der Waals surface area contributed by atoms with Crippen LogP contribution in [0.3, 0.4) is 0 Å². The Morgan fingerprint density at radius 1 is 1.14 bits per heavy atom. The minimum absolute atomic E-state index is 0.139. The highest BCUT2D eigenvalue weighted by Gasteiger charge is 2.15. The Balaban J connectivity index is 2.30. The van der Waals surface area contributed by atoms with Gasteiger partial charge in [0, 0.05) is 5.69 Å². The van der Waals surface area contributed by atoms with Crippen molar-refractivity contribution in [2.45, 2.75) is 6.92 Å². The summed E-state index contributed by atoms with van der Waals surface area (Å²) < 4.78 is 13.8. The third-order valence-electron chi connectivity index (χ3n) is 2.92. The van der Waals surface area contributed by atoms with Crippen LogP contribution in [0, 0.1) is 12.7 Å². The van der Waals surface area contributed by atoms with Gasteiger partial charge in [-0.15, -0.1) is 0 Å². The molecule has 0 saturated heterocycles. The molecule has 0 heterocycles. The number of carbonyl (C=O) groups is 2. The van der Waals surface area contributed by atoms with Gasteiger partial charge in [0.1, 0.15) is 17.1 Å². The molecule has 3 N–H and O–H groups in total. The van der Waals surface area contributed by atoms with E-state index in [-0.39, 0.29) is 16.8 Å². The first kappa shape index (κ1) is 14.5. The zero-order chi connectivity index (χ0) is 15.6. The molecule has 0 aliphatic carbocycles. The number of aryl methyl sites for hydroxylation is 1. The molecule has 0 aliphatic heterocycles. The summed E-state index contributed by atoms with van der Waals surface area (Å²) in [5.74, 6) is -3.07. The predicted octanol–water partition coefficient (Wildman–Crippen LogP) is 2.79. The van der Waals surface area contributed by atoms with E-state index < -0.39 is 23.4 Å². The summed E-state index contributed by atoms with van der Waals surface area (Å²) in [6, 6.07) is 7.99. The predicted molar refractivity (Wildman–Crippen MR) is 74.2 cm³/mol. The Kier molecular flexibility index (Phi) is 3.89. The second-order valence-electron chi connectivity index (χ2n) is 4.43. The second-order valence-corrected chi connectivity index (χ2v) is 4.43. The molecule has 108 valence electrons. The number of benzene rings is 2. The molecule has 1 amide bonds. The molecule has 0 fully saturated rings. The zero-order valence-corrected chi connectivity index (χ0v) is 11.1. The number of phenols is 1. The molecule has 0 atom stereocenters. The quantitative estimate of drug-likeness (QED) is 0.758. The number of rotatable bonds is 3. The minimum atomic E-state index is -1.33. The average molecular weight is 289 g/mol. The number of carboxylic acids is 1. The van der Waals surface area contributed by atoms with Gasteiger partial charge in [0.2, 0.25) is 0 Å². The fourth-order valence-corrected chi connectivity index (χ4v) is 1.81. The molecule has 21 heavy (non-hydrogen) atoms. The van der Waals surface area contributed by atoms with Crippen molar-refractivity contribution in [1.82, 2.24) is 0 Å². The Bertz CT molecular complexity index is 728. The van der Waals surface area contributed by atoms with Crippen molar-refractivity contribution in [3.05, 3.63) is 58.9 Å². The summed E-state index contributed by atoms with van der Waals surface area (Å²) in [5.41, 5.74) is -0.00634. The molecule has 2 aromatic carbocycles. The Labute approximate surface area is 119 Å². The lowest BCUT2D eigenvalue weighted by Crippen LogP contribution is -2.14. The van der Waals surface area contributed by atoms with Crippen molar-refractivity contribution in [3.8, 4) is 5.75 Å². The SMILES string of the molecule is Cc1cccc(C(=O)Nc2ccc(O)c(C(=O)O)c2)c1F. The van der Waals surface area contributed by atoms with E-state index in [1.165, 1.54) is 25.1 Å². The van der Waals surface area contributed by atoms with Crippen LogP contribution in [-0.2, 0) is 0 Å². The number of aromatic carboxylic acids is 1. The van der Waals surface area contributed by atoms with Crippen LogP contribution >= 0.6 is 0 Å². The van der Waals surface area contributed by atoms with E-state index in [0.717, 1.165) is 12.1 Å². The molecular formula is C15H12FNO4. The van der Waals surface area contributed by atoms with Gasteiger partial charge >= 0.3 is 5.97 Å². The monoisotopic (exact) mass is 289 g/mol. The molecule has 5 nitrogen and oxygen atoms in total. The zero-order valence-electron chi connectivity index (χ0n) is 11.1. The van der Waals surface area contributed by atoms with Gasteiger partial charge in [-0.3, -0.25) is 4.79 Å². The van der Waals surface area contributed by atoms with Crippen LogP contribution in [0.5, 0.6) is 5.75 Å². The lowest BCUT2D eigenvalue weighted by Gasteiger charge is -2.08. The molecule has 0 saturated carbocycles. The van der Waals surface area contributed by atoms with Crippen molar-refractivity contribution < 1.29 is 24.2 Å². The van der Waals surface area contributed by atoms with Crippen molar-refractivity contribution in [1.29, 1.82) is 0 Å². The van der Waals surface area contributed by atoms with Crippen LogP contribution < -0.4 is 5.32 Å². The smallest absolute Gasteiger partial charge is 0.339 e. The van der Waals surface area contributed by atoms with Crippen molar-refractivity contribution >= 4 is 17.6 Å². The Hall–Kier alpha value is -2.89. The van der Waals surface area contributed by atoms with Crippen molar-refractivity contribution in [2.75, 3.05) is 5.32 Å². The van der Waals surface area contributed by atoms with Crippen molar-refractivity contribution in [2.24, 2.45) is 0 Å². The van der Waals surface area contributed by atoms with E-state index in [0.29, 0.717) is 5.56 Å². The normalized spacial score (nSPS) is 10.2. The molecule has 0 unspecified atom stereocenters. The van der Waals surface area contributed by atoms with Crippen LogP contribution in [0.15, 0.2) is 36.4 Å². The molecule has 2 rings (SSSR count). The lowest BCUT2D eigenvalue weighted by atomic mass is 10.1. The van der Waals surface area contributed by atoms with E-state index in [2.05, 4.69) is 5.32 Å². The average Bonchev–Trinajstić information content (AvgIpc) is 2.43. The number of carboxylic acid groups (broad SMARTS) is 1. The van der Waals surface area contributed by atoms with Gasteiger partial charge in [-0.05, 0) is 36.8 Å². The van der Waals surface area contributed by atoms with E-state index >= 15 is 0 Å². The number of nitrogens with one attached hydrogen (secondary N) is 1. The fourth-order valence-electron chi connectivity index (χ4n) is 1.81. The maximum Gasteiger partial charge on any atom is 0.339 e. The Morgan fingerprint density at radius 3 is 2.52 bits per heavy atom. The van der Waals surface area contributed by atoms with Gasteiger partial charge in [0.15, 0.2) is 0 Å². The largest absolute Gasteiger partial charge is 0.507 e. The summed E-state index contributed by atoms with van der Waals surface area (Å²) in [7, 11) is 0. The highest BCUT2D eigenvalue weighted by molar-refractivity contribution is 6.05. The first-order valence-corrected chi connectivity index (χ1v) is 6.03. The molecule has 0 aliphatic rings. The molecule has 2 aromatic rings. The van der Waals surface area contributed by atoms with Crippen LogP contribution in [-0.4, -0.2) is 22.1 Å². The summed E-state index contributed by atoms with van der Waals surface area (Å²) in [4.78, 5) is 22.9. The molecule has 0 aromatic heterocycles. The molecule has 6 heteroatoms. The maximum atomic E-state index is 13.8. The first-order valence-electron chi connectivity index (χ1n) is 6.03. The summed E-state index contributed by atoms with van der Waals surface area (Å²) >= 11 is 0. The number of anilines is 1. The van der Waals surface area contributed by atoms with E-state index in [1.807, 2.05) is 0 Å². The van der Waals surface area contributed by atoms with Gasteiger partial charge in [-0.2, -0.15) is 0 Å². The lowest BCUT2D eigenvalue weighted by molar-refractivity contribution is 0.0693. The number of carbonyl (C=O) groups excluding carboxylic acids is 1. The van der Waals surface area contributed by atoms with Gasteiger partial charge in [-0.25, -0.2) is 9.18 Å². The number of aromatic hydroxyl groups is 1. The highest BCUT2D eigenvalue weighted by Crippen LogP contribution is 2.22. The topological polar surface area (TPSA) is 86.6 Å². The molecule has 0 bridgehead atoms. The van der Waals surface area contributed by atoms with Gasteiger partial charge in [0.25, 0.3) is 5.91 Å². The molecule has 0 radical (unpaired) electrons. The van der Waals surface area contributed by atoms with Crippen LogP contribution in [0.4, 0.5) is 10.1 Å². The summed E-state index contributed by atoms with van der Waals surface area (Å²) in [6.07, 6.45) is 0. The van der Waals surface area contributed by atoms with Gasteiger partial charge < -0.3 is 15.5 Å². The van der Waals surface area contributed by atoms with E-state index in [9.17, 15) is 19.1 Å². The maximum absolute atomic E-state index is 13.8. The summed E-state index contributed by atoms with van der Waals surface area (Å²) in [6.45, 7) is 1.54. The third kappa shape index (κ3) is 3.00. The van der Waals surface area contributed by atoms with Gasteiger partial charge in [-0.1, -0.05) is 12.1 Å². The van der Waals surface area contributed by atoms with Crippen molar-refractivity contribution in [3.63, 3.8) is 0 Å². The molecule has 0 spiro atoms. The Morgan fingerprint density at radius 2 is 1.86 bits per heavy atom. The number of amides is 1. The fraction of sp³-hybridized carbons (Fsp3) is 0.0667. The third-order valence-corrected chi connectivity index (χ3v) is 2.92. The minimum Gasteiger partial charge on any atom is -0.507 e. The van der Waals surface area contributed by atoms with Crippen LogP contribution in [0.2, 0.25) is 0 Å². The van der Waals surface area contributed by atoms with Gasteiger partial charge in [0.05, 0.1) is 5.56 Å². The second kappa shape index (κ2) is 5.62. The van der Waals surface area contributed by atoms with Crippen LogP contribution in [0.25, 0.3) is 0 Å². The van der Waals surface area contributed by atoms with E-state index in [1.54, 1.807) is 6.07 Å². The standard InChI is InChI=1S/C15H12FNO4/c1-8-3-2-4-10(13(8)16)14(19)17-9-5-6-12(18)11(7-9)15(20)21/h2-7,18H,1H3,(H,17,19)(H,20,21). The first-order chi connectivity index (χ1) is 9.90. The number of hydrogen-bond donors (Lipinski definition) is 3. The van der Waals surface area contributed by atoms with Crippen LogP contribution in [0.1, 0.15) is 26.3 Å². The molecular weight excluding hydrogens is 277 g/mol.